The number of amides is 5. The zero-order valence-corrected chi connectivity index (χ0v) is 24.6. The normalized spacial score (nSPS) is 29.7. The minimum Gasteiger partial charge on any atom is -0.481 e. The van der Waals surface area contributed by atoms with E-state index in [9.17, 15) is 33.9 Å². The van der Waals surface area contributed by atoms with E-state index in [-0.39, 0.29) is 42.2 Å². The van der Waals surface area contributed by atoms with Gasteiger partial charge in [-0.1, -0.05) is 13.8 Å². The molecule has 16 nitrogen and oxygen atoms in total. The zero-order chi connectivity index (χ0) is 31.0. The molecule has 0 aromatic rings. The molecule has 0 radical (unpaired) electrons. The van der Waals surface area contributed by atoms with E-state index in [4.69, 9.17) is 11.5 Å². The van der Waals surface area contributed by atoms with Crippen molar-refractivity contribution < 1.29 is 33.9 Å². The average Bonchev–Trinajstić information content (AvgIpc) is 3.33. The quantitative estimate of drug-likeness (QED) is 0.0807. The number of carboxylic acids is 1. The van der Waals surface area contributed by atoms with Crippen molar-refractivity contribution in [3.63, 3.8) is 0 Å². The van der Waals surface area contributed by atoms with Gasteiger partial charge in [-0.05, 0) is 31.6 Å². The molecule has 234 valence electrons. The highest BCUT2D eigenvalue weighted by atomic mass is 32.2. The highest BCUT2D eigenvalue weighted by Gasteiger charge is 2.44. The van der Waals surface area contributed by atoms with Gasteiger partial charge in [-0.2, -0.15) is 0 Å². The molecule has 3 saturated heterocycles. The first-order valence-electron chi connectivity index (χ1n) is 14.0. The number of carboxylic acid groups (broad SMARTS) is 1. The molecule has 0 saturated carbocycles. The number of guanidine groups is 1. The van der Waals surface area contributed by atoms with Crippen LogP contribution >= 0.6 is 11.8 Å². The predicted molar refractivity (Wildman–Crippen MR) is 154 cm³/mol. The van der Waals surface area contributed by atoms with Gasteiger partial charge in [0.15, 0.2) is 5.96 Å². The number of hydrogen-bond acceptors (Lipinski definition) is 9. The third kappa shape index (κ3) is 9.20. The third-order valence-electron chi connectivity index (χ3n) is 7.34. The van der Waals surface area contributed by atoms with Gasteiger partial charge < -0.3 is 43.2 Å². The maximum atomic E-state index is 13.5. The van der Waals surface area contributed by atoms with Crippen LogP contribution in [0.4, 0.5) is 0 Å². The topological polar surface area (TPSA) is 250 Å². The Hall–Kier alpha value is -3.60. The maximum Gasteiger partial charge on any atom is 0.305 e. The molecule has 5 amide bonds. The lowest BCUT2D eigenvalue weighted by Gasteiger charge is -2.38. The second kappa shape index (κ2) is 15.0. The number of nitrogens with zero attached hydrogens (tertiary/aromatic N) is 2. The lowest BCUT2D eigenvalue weighted by molar-refractivity contribution is -0.141. The number of nitrogens with two attached hydrogens (primary N) is 2. The first-order valence-corrected chi connectivity index (χ1v) is 15.0. The molecule has 3 fully saturated rings. The molecule has 17 heteroatoms. The SMILES string of the molecule is CC(C)[C@@H]1NC(=O)[C@@H]2CS[C@H]3CC[C@@H](CN32)NC(=O)[C@@H](CC(=O)O)NC(=O)CNC(=O)[C@H](CCCN=C(N)N)NC1=O. The molecule has 10 N–H and O–H groups in total. The molecule has 42 heavy (non-hydrogen) atoms. The molecule has 0 aromatic carbocycles. The monoisotopic (exact) mass is 611 g/mol. The summed E-state index contributed by atoms with van der Waals surface area (Å²) in [6.07, 6.45) is 1.08. The smallest absolute Gasteiger partial charge is 0.305 e. The highest BCUT2D eigenvalue weighted by molar-refractivity contribution is 8.00. The Morgan fingerprint density at radius 1 is 1.00 bits per heavy atom. The van der Waals surface area contributed by atoms with Gasteiger partial charge in [-0.25, -0.2) is 0 Å². The van der Waals surface area contributed by atoms with Crippen LogP contribution in [0, 0.1) is 5.92 Å². The molecule has 0 aromatic heterocycles. The van der Waals surface area contributed by atoms with Crippen molar-refractivity contribution in [3.8, 4) is 0 Å². The van der Waals surface area contributed by atoms with Crippen molar-refractivity contribution in [1.82, 2.24) is 31.5 Å². The summed E-state index contributed by atoms with van der Waals surface area (Å²) in [6, 6.07) is -4.34. The summed E-state index contributed by atoms with van der Waals surface area (Å²) in [5.74, 6) is -4.25. The Morgan fingerprint density at radius 2 is 1.74 bits per heavy atom. The molecule has 0 unspecified atom stereocenters. The lowest BCUT2D eigenvalue weighted by atomic mass is 10.00. The van der Waals surface area contributed by atoms with Crippen LogP contribution in [-0.2, 0) is 28.8 Å². The molecule has 3 aliphatic heterocycles. The number of piperidine rings is 1. The molecule has 3 aliphatic rings. The number of carbonyl (C=O) groups is 6. The zero-order valence-electron chi connectivity index (χ0n) is 23.8. The number of aliphatic imine (C=N–C) groups is 1. The van der Waals surface area contributed by atoms with E-state index in [2.05, 4.69) is 31.6 Å². The van der Waals surface area contributed by atoms with Gasteiger partial charge in [0, 0.05) is 24.9 Å². The highest BCUT2D eigenvalue weighted by Crippen LogP contribution is 2.36. The first-order chi connectivity index (χ1) is 19.8. The molecule has 0 aliphatic carbocycles. The summed E-state index contributed by atoms with van der Waals surface area (Å²) >= 11 is 1.62. The van der Waals surface area contributed by atoms with Crippen LogP contribution in [0.3, 0.4) is 0 Å². The number of rotatable bonds is 7. The van der Waals surface area contributed by atoms with E-state index in [1.807, 2.05) is 4.90 Å². The average molecular weight is 612 g/mol. The van der Waals surface area contributed by atoms with Gasteiger partial charge in [0.2, 0.25) is 29.5 Å². The molecule has 6 atom stereocenters. The fourth-order valence-corrected chi connectivity index (χ4v) is 6.64. The van der Waals surface area contributed by atoms with Gasteiger partial charge in [0.05, 0.1) is 24.4 Å². The Morgan fingerprint density at radius 3 is 2.40 bits per heavy atom. The minimum absolute atomic E-state index is 0.0543. The van der Waals surface area contributed by atoms with E-state index in [0.717, 1.165) is 0 Å². The van der Waals surface area contributed by atoms with Crippen LogP contribution < -0.4 is 38.1 Å². The Bertz CT molecular complexity index is 1080. The van der Waals surface area contributed by atoms with Crippen molar-refractivity contribution in [3.05, 3.63) is 0 Å². The molecule has 3 rings (SSSR count). The van der Waals surface area contributed by atoms with Crippen molar-refractivity contribution in [2.75, 3.05) is 25.4 Å². The fraction of sp³-hybridized carbons (Fsp3) is 0.720. The number of thioether (sulfide) groups is 1. The first kappa shape index (κ1) is 32.9. The summed E-state index contributed by atoms with van der Waals surface area (Å²) in [6.45, 7) is 3.53. The Kier molecular flexibility index (Phi) is 11.8. The van der Waals surface area contributed by atoms with Crippen LogP contribution in [0.1, 0.15) is 46.0 Å². The predicted octanol–water partition coefficient (Wildman–Crippen LogP) is -3.22. The van der Waals surface area contributed by atoms with E-state index in [1.54, 1.807) is 25.6 Å². The number of nitrogens with one attached hydrogen (secondary N) is 5. The van der Waals surface area contributed by atoms with Gasteiger partial charge >= 0.3 is 5.97 Å². The van der Waals surface area contributed by atoms with Crippen LogP contribution in [0.15, 0.2) is 4.99 Å². The second-order valence-electron chi connectivity index (χ2n) is 11.0. The Labute approximate surface area is 247 Å². The van der Waals surface area contributed by atoms with Crippen LogP contribution in [0.2, 0.25) is 0 Å². The number of fused-ring (bicyclic) bond motifs is 1. The van der Waals surface area contributed by atoms with E-state index < -0.39 is 66.7 Å². The van der Waals surface area contributed by atoms with Gasteiger partial charge in [-0.3, -0.25) is 38.7 Å². The van der Waals surface area contributed by atoms with Crippen molar-refractivity contribution >= 4 is 53.2 Å². The fourth-order valence-electron chi connectivity index (χ4n) is 5.16. The van der Waals surface area contributed by atoms with Gasteiger partial charge in [0.1, 0.15) is 18.1 Å². The summed E-state index contributed by atoms with van der Waals surface area (Å²) in [7, 11) is 0. The summed E-state index contributed by atoms with van der Waals surface area (Å²) in [4.78, 5) is 82.9. The van der Waals surface area contributed by atoms with E-state index in [0.29, 0.717) is 31.6 Å². The molecular formula is C25H41N9O7S. The number of carbonyl (C=O) groups excluding carboxylic acids is 5. The summed E-state index contributed by atoms with van der Waals surface area (Å²) in [5.41, 5.74) is 10.7. The molecule has 3 heterocycles. The largest absolute Gasteiger partial charge is 0.481 e. The lowest BCUT2D eigenvalue weighted by Crippen LogP contribution is -2.61. The maximum absolute atomic E-state index is 13.5. The minimum atomic E-state index is -1.38. The van der Waals surface area contributed by atoms with Crippen molar-refractivity contribution in [2.24, 2.45) is 22.4 Å². The van der Waals surface area contributed by atoms with Crippen molar-refractivity contribution in [1.29, 1.82) is 0 Å². The van der Waals surface area contributed by atoms with Crippen LogP contribution in [-0.4, -0.2) is 112 Å². The summed E-state index contributed by atoms with van der Waals surface area (Å²) < 4.78 is 0. The van der Waals surface area contributed by atoms with Gasteiger partial charge in [0.25, 0.3) is 0 Å². The second-order valence-corrected chi connectivity index (χ2v) is 12.2. The standard InChI is InChI=1S/C25H41N9O7S/c1-12(2)20-24(41)32-14(4-3-7-28-25(26)27)21(38)29-9-17(35)31-15(8-19(36)37)22(39)30-13-5-6-18-34(10-13)16(11-42-18)23(40)33-20/h12-16,18,20H,3-11H2,1-2H3,(H,29,38)(H,30,39)(H,31,35)(H,32,41)(H,33,40)(H,36,37)(H4,26,27,28)/t13-,14-,15+,16-,18-,20-/m0/s1. The van der Waals surface area contributed by atoms with Crippen molar-refractivity contribution in [2.45, 2.75) is 81.5 Å². The Balaban J connectivity index is 1.87. The number of aliphatic carboxylic acids is 1. The van der Waals surface area contributed by atoms with Crippen LogP contribution in [0.5, 0.6) is 0 Å². The molecule has 0 spiro atoms. The van der Waals surface area contributed by atoms with Crippen LogP contribution in [0.25, 0.3) is 0 Å². The third-order valence-corrected chi connectivity index (χ3v) is 8.74. The number of hydrogen-bond donors (Lipinski definition) is 8. The van der Waals surface area contributed by atoms with Gasteiger partial charge in [-0.15, -0.1) is 11.8 Å². The summed E-state index contributed by atoms with van der Waals surface area (Å²) in [5, 5.41) is 22.6. The van der Waals surface area contributed by atoms with E-state index in [1.165, 1.54) is 0 Å². The van der Waals surface area contributed by atoms with E-state index >= 15 is 0 Å². The molecular weight excluding hydrogens is 570 g/mol. The molecule has 2 bridgehead atoms.